The topological polar surface area (TPSA) is 41.5 Å². The molecule has 0 radical (unpaired) electrons. The van der Waals surface area contributed by atoms with E-state index in [0.717, 1.165) is 6.42 Å². The van der Waals surface area contributed by atoms with Gasteiger partial charge in [-0.1, -0.05) is 13.8 Å². The lowest BCUT2D eigenvalue weighted by molar-refractivity contribution is -0.0989. The number of aliphatic hydroxyl groups excluding tert-OH is 1. The van der Waals surface area contributed by atoms with Crippen LogP contribution in [0.25, 0.3) is 0 Å². The van der Waals surface area contributed by atoms with Crippen LogP contribution in [0.1, 0.15) is 27.2 Å². The molecule has 3 atom stereocenters. The minimum atomic E-state index is -0.266. The van der Waals surface area contributed by atoms with Crippen LogP contribution in [0.2, 0.25) is 0 Å². The Kier molecular flexibility index (Phi) is 3.33. The highest BCUT2D eigenvalue weighted by molar-refractivity contribution is 5.02. The van der Waals surface area contributed by atoms with Crippen molar-refractivity contribution in [3.05, 3.63) is 0 Å². The van der Waals surface area contributed by atoms with Gasteiger partial charge in [0, 0.05) is 25.1 Å². The molecule has 0 aliphatic heterocycles. The molecule has 13 heavy (non-hydrogen) atoms. The number of hydrogen-bond acceptors (Lipinski definition) is 3. The van der Waals surface area contributed by atoms with Gasteiger partial charge < -0.3 is 15.2 Å². The van der Waals surface area contributed by atoms with Crippen molar-refractivity contribution >= 4 is 0 Å². The second-order valence-electron chi connectivity index (χ2n) is 4.59. The molecule has 0 heterocycles. The van der Waals surface area contributed by atoms with Gasteiger partial charge in [0.2, 0.25) is 0 Å². The average molecular weight is 187 g/mol. The first kappa shape index (κ1) is 11.0. The fourth-order valence-corrected chi connectivity index (χ4v) is 1.94. The van der Waals surface area contributed by atoms with Crippen LogP contribution in [0.5, 0.6) is 0 Å². The van der Waals surface area contributed by atoms with E-state index in [-0.39, 0.29) is 11.5 Å². The zero-order valence-electron chi connectivity index (χ0n) is 9.00. The number of rotatable bonds is 4. The van der Waals surface area contributed by atoms with Gasteiger partial charge in [-0.15, -0.1) is 0 Å². The van der Waals surface area contributed by atoms with Gasteiger partial charge in [-0.2, -0.15) is 0 Å². The maximum Gasteiger partial charge on any atom is 0.0652 e. The van der Waals surface area contributed by atoms with Crippen molar-refractivity contribution in [2.75, 3.05) is 13.7 Å². The van der Waals surface area contributed by atoms with E-state index in [0.29, 0.717) is 18.7 Å². The van der Waals surface area contributed by atoms with Gasteiger partial charge in [0.15, 0.2) is 0 Å². The highest BCUT2D eigenvalue weighted by Crippen LogP contribution is 2.42. The Bertz CT molecular complexity index is 168. The number of aliphatic hydroxyl groups is 1. The van der Waals surface area contributed by atoms with Crippen LogP contribution in [0, 0.1) is 5.41 Å². The predicted octanol–water partition coefficient (Wildman–Crippen LogP) is 0.770. The summed E-state index contributed by atoms with van der Waals surface area (Å²) in [7, 11) is 1.76. The molecule has 0 aromatic rings. The second kappa shape index (κ2) is 3.95. The van der Waals surface area contributed by atoms with Crippen molar-refractivity contribution in [3.63, 3.8) is 0 Å². The molecule has 3 heteroatoms. The minimum absolute atomic E-state index is 0.198. The molecule has 0 spiro atoms. The summed E-state index contributed by atoms with van der Waals surface area (Å²) >= 11 is 0. The van der Waals surface area contributed by atoms with Crippen LogP contribution in [-0.2, 0) is 4.74 Å². The van der Waals surface area contributed by atoms with Crippen LogP contribution < -0.4 is 5.32 Å². The van der Waals surface area contributed by atoms with Crippen LogP contribution in [0.3, 0.4) is 0 Å². The van der Waals surface area contributed by atoms with Gasteiger partial charge in [-0.3, -0.25) is 0 Å². The van der Waals surface area contributed by atoms with E-state index in [1.165, 1.54) is 0 Å². The van der Waals surface area contributed by atoms with Crippen molar-refractivity contribution in [1.82, 2.24) is 5.32 Å². The third-order valence-corrected chi connectivity index (χ3v) is 3.12. The Morgan fingerprint density at radius 2 is 2.23 bits per heavy atom. The summed E-state index contributed by atoms with van der Waals surface area (Å²) in [6.45, 7) is 6.87. The van der Waals surface area contributed by atoms with E-state index >= 15 is 0 Å². The van der Waals surface area contributed by atoms with Crippen LogP contribution in [0.15, 0.2) is 0 Å². The van der Waals surface area contributed by atoms with Crippen molar-refractivity contribution in [3.8, 4) is 0 Å². The van der Waals surface area contributed by atoms with Gasteiger partial charge in [0.1, 0.15) is 0 Å². The zero-order valence-corrected chi connectivity index (χ0v) is 9.00. The summed E-state index contributed by atoms with van der Waals surface area (Å²) in [5.74, 6) is 0. The van der Waals surface area contributed by atoms with Crippen LogP contribution >= 0.6 is 0 Å². The van der Waals surface area contributed by atoms with Crippen molar-refractivity contribution in [2.45, 2.75) is 45.4 Å². The van der Waals surface area contributed by atoms with E-state index in [1.807, 2.05) is 0 Å². The molecular weight excluding hydrogens is 166 g/mol. The molecule has 1 aliphatic rings. The standard InChI is InChI=1S/C10H21NO2/c1-7(12)6-11-8-5-9(13-4)10(8,2)3/h7-9,11-12H,5-6H2,1-4H3/t7-,8?,9?/m0/s1. The Morgan fingerprint density at radius 1 is 1.62 bits per heavy atom. The molecule has 1 saturated carbocycles. The largest absolute Gasteiger partial charge is 0.392 e. The number of ether oxygens (including phenoxy) is 1. The van der Waals surface area contributed by atoms with Gasteiger partial charge >= 0.3 is 0 Å². The molecule has 0 bridgehead atoms. The first-order valence-corrected chi connectivity index (χ1v) is 4.92. The Balaban J connectivity index is 2.31. The number of nitrogens with one attached hydrogen (secondary N) is 1. The number of hydrogen-bond donors (Lipinski definition) is 2. The predicted molar refractivity (Wildman–Crippen MR) is 52.7 cm³/mol. The molecule has 0 saturated heterocycles. The third-order valence-electron chi connectivity index (χ3n) is 3.12. The average Bonchev–Trinajstić information content (AvgIpc) is 2.02. The third kappa shape index (κ3) is 2.22. The summed E-state index contributed by atoms with van der Waals surface area (Å²) in [5, 5.41) is 12.5. The van der Waals surface area contributed by atoms with Crippen molar-refractivity contribution < 1.29 is 9.84 Å². The summed E-state index contributed by atoms with van der Waals surface area (Å²) in [5.41, 5.74) is 0.198. The Labute approximate surface area is 80.5 Å². The summed E-state index contributed by atoms with van der Waals surface area (Å²) in [6, 6.07) is 0.479. The molecule has 2 N–H and O–H groups in total. The van der Waals surface area contributed by atoms with E-state index in [1.54, 1.807) is 14.0 Å². The normalized spacial score (nSPS) is 33.9. The molecule has 0 amide bonds. The lowest BCUT2D eigenvalue weighted by Gasteiger charge is -2.51. The highest BCUT2D eigenvalue weighted by atomic mass is 16.5. The molecule has 2 unspecified atom stereocenters. The van der Waals surface area contributed by atoms with Crippen molar-refractivity contribution in [2.24, 2.45) is 5.41 Å². The molecular formula is C10H21NO2. The molecule has 1 aliphatic carbocycles. The van der Waals surface area contributed by atoms with Gasteiger partial charge in [-0.05, 0) is 13.3 Å². The maximum atomic E-state index is 9.12. The fraction of sp³-hybridized carbons (Fsp3) is 1.00. The summed E-state index contributed by atoms with van der Waals surface area (Å²) < 4.78 is 5.34. The SMILES string of the molecule is COC1CC(NC[C@H](C)O)C1(C)C. The Hall–Kier alpha value is -0.120. The molecule has 78 valence electrons. The minimum Gasteiger partial charge on any atom is -0.392 e. The first-order valence-electron chi connectivity index (χ1n) is 4.92. The van der Waals surface area contributed by atoms with Crippen LogP contribution in [0.4, 0.5) is 0 Å². The Morgan fingerprint density at radius 3 is 2.62 bits per heavy atom. The first-order chi connectivity index (χ1) is 5.98. The lowest BCUT2D eigenvalue weighted by Crippen LogP contribution is -2.61. The smallest absolute Gasteiger partial charge is 0.0652 e. The number of methoxy groups -OCH3 is 1. The lowest BCUT2D eigenvalue weighted by atomic mass is 9.64. The molecule has 1 rings (SSSR count). The summed E-state index contributed by atoms with van der Waals surface area (Å²) in [6.07, 6.45) is 1.15. The van der Waals surface area contributed by atoms with Crippen LogP contribution in [-0.4, -0.2) is 37.0 Å². The van der Waals surface area contributed by atoms with Gasteiger partial charge in [-0.25, -0.2) is 0 Å². The maximum absolute atomic E-state index is 9.12. The molecule has 1 fully saturated rings. The molecule has 3 nitrogen and oxygen atoms in total. The second-order valence-corrected chi connectivity index (χ2v) is 4.59. The van der Waals surface area contributed by atoms with E-state index in [4.69, 9.17) is 9.84 Å². The summed E-state index contributed by atoms with van der Waals surface area (Å²) in [4.78, 5) is 0. The monoisotopic (exact) mass is 187 g/mol. The molecule has 0 aromatic heterocycles. The quantitative estimate of drug-likeness (QED) is 0.683. The van der Waals surface area contributed by atoms with Gasteiger partial charge in [0.05, 0.1) is 12.2 Å². The fourth-order valence-electron chi connectivity index (χ4n) is 1.94. The van der Waals surface area contributed by atoms with E-state index in [9.17, 15) is 0 Å². The van der Waals surface area contributed by atoms with E-state index < -0.39 is 0 Å². The van der Waals surface area contributed by atoms with Crippen molar-refractivity contribution in [1.29, 1.82) is 0 Å². The molecule has 0 aromatic carbocycles. The highest BCUT2D eigenvalue weighted by Gasteiger charge is 2.48. The van der Waals surface area contributed by atoms with E-state index in [2.05, 4.69) is 19.2 Å². The van der Waals surface area contributed by atoms with Gasteiger partial charge in [0.25, 0.3) is 0 Å². The zero-order chi connectivity index (χ0) is 10.1.